The summed E-state index contributed by atoms with van der Waals surface area (Å²) in [5.74, 6) is 2.16. The molecule has 2 aromatic rings. The van der Waals surface area contributed by atoms with E-state index in [4.69, 9.17) is 19.9 Å². The quantitative estimate of drug-likeness (QED) is 0.895. The third-order valence-corrected chi connectivity index (χ3v) is 2.40. The zero-order chi connectivity index (χ0) is 13.7. The number of hydrogen-bond donors (Lipinski definition) is 1. The lowest BCUT2D eigenvalue weighted by molar-refractivity contribution is 0.337. The maximum atomic E-state index is 5.69. The highest BCUT2D eigenvalue weighted by Crippen LogP contribution is 2.27. The molecule has 0 aliphatic heterocycles. The normalized spacial score (nSPS) is 10.0. The van der Waals surface area contributed by atoms with Gasteiger partial charge in [-0.05, 0) is 25.1 Å². The second kappa shape index (κ2) is 5.95. The summed E-state index contributed by atoms with van der Waals surface area (Å²) in [5, 5.41) is 0. The van der Waals surface area contributed by atoms with Crippen LogP contribution in [-0.2, 0) is 0 Å². The lowest BCUT2D eigenvalue weighted by Crippen LogP contribution is -1.97. The molecule has 19 heavy (non-hydrogen) atoms. The lowest BCUT2D eigenvalue weighted by Gasteiger charge is -2.09. The van der Waals surface area contributed by atoms with Gasteiger partial charge in [0.25, 0.3) is 0 Å². The van der Waals surface area contributed by atoms with Gasteiger partial charge < -0.3 is 19.9 Å². The predicted molar refractivity (Wildman–Crippen MR) is 72.9 cm³/mol. The molecule has 0 bridgehead atoms. The van der Waals surface area contributed by atoms with Gasteiger partial charge in [0.1, 0.15) is 11.5 Å². The minimum atomic E-state index is 0.346. The average molecular weight is 260 g/mol. The van der Waals surface area contributed by atoms with Gasteiger partial charge in [0, 0.05) is 12.1 Å². The first-order valence-electron chi connectivity index (χ1n) is 5.94. The minimum absolute atomic E-state index is 0.346. The van der Waals surface area contributed by atoms with Crippen molar-refractivity contribution in [3.05, 3.63) is 36.4 Å². The van der Waals surface area contributed by atoms with Gasteiger partial charge in [-0.25, -0.2) is 0 Å². The zero-order valence-corrected chi connectivity index (χ0v) is 10.9. The van der Waals surface area contributed by atoms with Crippen LogP contribution in [0.4, 0.5) is 5.69 Å². The van der Waals surface area contributed by atoms with Crippen LogP contribution in [0.25, 0.3) is 0 Å². The van der Waals surface area contributed by atoms with Crippen molar-refractivity contribution in [2.24, 2.45) is 0 Å². The number of nitrogens with zero attached hydrogens (tertiary/aromatic N) is 1. The van der Waals surface area contributed by atoms with Gasteiger partial charge in [-0.2, -0.15) is 4.98 Å². The Morgan fingerprint density at radius 1 is 1.16 bits per heavy atom. The SMILES string of the molecule is CCOc1cccc(Oc2ccc(N)c(OC)n2)c1. The fourth-order valence-corrected chi connectivity index (χ4v) is 1.57. The summed E-state index contributed by atoms with van der Waals surface area (Å²) in [5.41, 5.74) is 6.16. The first-order valence-corrected chi connectivity index (χ1v) is 5.94. The number of pyridine rings is 1. The standard InChI is InChI=1S/C14H16N2O3/c1-3-18-10-5-4-6-11(9-10)19-13-8-7-12(15)14(16-13)17-2/h4-9H,3,15H2,1-2H3. The third kappa shape index (κ3) is 3.28. The molecule has 0 radical (unpaired) electrons. The molecule has 5 nitrogen and oxygen atoms in total. The van der Waals surface area contributed by atoms with Gasteiger partial charge in [0.15, 0.2) is 0 Å². The molecule has 0 spiro atoms. The highest BCUT2D eigenvalue weighted by atomic mass is 16.5. The second-order valence-electron chi connectivity index (χ2n) is 3.76. The van der Waals surface area contributed by atoms with Crippen molar-refractivity contribution in [1.29, 1.82) is 0 Å². The molecule has 1 aromatic carbocycles. The first kappa shape index (κ1) is 13.0. The van der Waals surface area contributed by atoms with E-state index in [-0.39, 0.29) is 0 Å². The summed E-state index contributed by atoms with van der Waals surface area (Å²) in [6.45, 7) is 2.54. The van der Waals surface area contributed by atoms with Gasteiger partial charge in [-0.15, -0.1) is 0 Å². The lowest BCUT2D eigenvalue weighted by atomic mass is 10.3. The van der Waals surface area contributed by atoms with Gasteiger partial charge in [0.05, 0.1) is 19.4 Å². The highest BCUT2D eigenvalue weighted by Gasteiger charge is 2.05. The number of nitrogen functional groups attached to an aromatic ring is 1. The van der Waals surface area contributed by atoms with Crippen molar-refractivity contribution in [2.45, 2.75) is 6.92 Å². The first-order chi connectivity index (χ1) is 9.22. The molecule has 5 heteroatoms. The fourth-order valence-electron chi connectivity index (χ4n) is 1.57. The fraction of sp³-hybridized carbons (Fsp3) is 0.214. The highest BCUT2D eigenvalue weighted by molar-refractivity contribution is 5.49. The third-order valence-electron chi connectivity index (χ3n) is 2.40. The Balaban J connectivity index is 2.18. The van der Waals surface area contributed by atoms with Gasteiger partial charge >= 0.3 is 0 Å². The largest absolute Gasteiger partial charge is 0.494 e. The number of aromatic nitrogens is 1. The van der Waals surface area contributed by atoms with Gasteiger partial charge in [-0.1, -0.05) is 6.07 Å². The van der Waals surface area contributed by atoms with Crippen molar-refractivity contribution in [1.82, 2.24) is 4.98 Å². The number of ether oxygens (including phenoxy) is 3. The van der Waals surface area contributed by atoms with E-state index in [9.17, 15) is 0 Å². The summed E-state index contributed by atoms with van der Waals surface area (Å²) in [6, 6.07) is 10.7. The smallest absolute Gasteiger partial charge is 0.240 e. The molecule has 0 aliphatic rings. The molecular formula is C14H16N2O3. The van der Waals surface area contributed by atoms with Crippen LogP contribution in [0.5, 0.6) is 23.3 Å². The molecule has 0 amide bonds. The number of benzene rings is 1. The Labute approximate surface area is 111 Å². The number of nitrogens with two attached hydrogens (primary N) is 1. The van der Waals surface area contributed by atoms with Crippen LogP contribution in [0, 0.1) is 0 Å². The summed E-state index contributed by atoms with van der Waals surface area (Å²) >= 11 is 0. The molecule has 0 saturated carbocycles. The van der Waals surface area contributed by atoms with Crippen molar-refractivity contribution in [3.63, 3.8) is 0 Å². The molecule has 0 atom stereocenters. The molecule has 1 aromatic heterocycles. The van der Waals surface area contributed by atoms with Gasteiger partial charge in [-0.3, -0.25) is 0 Å². The minimum Gasteiger partial charge on any atom is -0.494 e. The van der Waals surface area contributed by atoms with E-state index in [0.29, 0.717) is 29.8 Å². The van der Waals surface area contributed by atoms with Crippen molar-refractivity contribution in [3.8, 4) is 23.3 Å². The number of rotatable bonds is 5. The summed E-state index contributed by atoms with van der Waals surface area (Å²) in [7, 11) is 1.51. The predicted octanol–water partition coefficient (Wildman–Crippen LogP) is 2.86. The van der Waals surface area contributed by atoms with Crippen LogP contribution in [0.2, 0.25) is 0 Å². The van der Waals surface area contributed by atoms with Crippen LogP contribution < -0.4 is 19.9 Å². The van der Waals surface area contributed by atoms with Gasteiger partial charge in [0.2, 0.25) is 11.8 Å². The van der Waals surface area contributed by atoms with Crippen LogP contribution >= 0.6 is 0 Å². The van der Waals surface area contributed by atoms with E-state index >= 15 is 0 Å². The second-order valence-corrected chi connectivity index (χ2v) is 3.76. The van der Waals surface area contributed by atoms with E-state index in [1.807, 2.05) is 25.1 Å². The van der Waals surface area contributed by atoms with E-state index < -0.39 is 0 Å². The number of hydrogen-bond acceptors (Lipinski definition) is 5. The Hall–Kier alpha value is -2.43. The molecular weight excluding hydrogens is 244 g/mol. The monoisotopic (exact) mass is 260 g/mol. The molecule has 2 N–H and O–H groups in total. The summed E-state index contributed by atoms with van der Waals surface area (Å²) in [6.07, 6.45) is 0. The van der Waals surface area contributed by atoms with E-state index in [0.717, 1.165) is 5.75 Å². The van der Waals surface area contributed by atoms with Crippen LogP contribution in [-0.4, -0.2) is 18.7 Å². The Morgan fingerprint density at radius 3 is 2.68 bits per heavy atom. The molecule has 100 valence electrons. The Bertz CT molecular complexity index is 558. The Morgan fingerprint density at radius 2 is 1.95 bits per heavy atom. The van der Waals surface area contributed by atoms with Crippen molar-refractivity contribution >= 4 is 5.69 Å². The van der Waals surface area contributed by atoms with Crippen LogP contribution in [0.1, 0.15) is 6.92 Å². The van der Waals surface area contributed by atoms with E-state index in [2.05, 4.69) is 4.98 Å². The maximum Gasteiger partial charge on any atom is 0.240 e. The van der Waals surface area contributed by atoms with Crippen LogP contribution in [0.3, 0.4) is 0 Å². The number of anilines is 1. The zero-order valence-electron chi connectivity index (χ0n) is 10.9. The Kier molecular flexibility index (Phi) is 4.07. The summed E-state index contributed by atoms with van der Waals surface area (Å²) in [4.78, 5) is 4.15. The van der Waals surface area contributed by atoms with E-state index in [1.165, 1.54) is 7.11 Å². The van der Waals surface area contributed by atoms with E-state index in [1.54, 1.807) is 18.2 Å². The topological polar surface area (TPSA) is 66.6 Å². The molecule has 0 unspecified atom stereocenters. The summed E-state index contributed by atoms with van der Waals surface area (Å²) < 4.78 is 16.1. The van der Waals surface area contributed by atoms with Crippen LogP contribution in [0.15, 0.2) is 36.4 Å². The molecule has 0 saturated heterocycles. The maximum absolute atomic E-state index is 5.69. The van der Waals surface area contributed by atoms with Crippen molar-refractivity contribution in [2.75, 3.05) is 19.5 Å². The number of methoxy groups -OCH3 is 1. The molecule has 0 fully saturated rings. The molecule has 0 aliphatic carbocycles. The average Bonchev–Trinajstić information content (AvgIpc) is 2.42. The molecule has 2 rings (SSSR count). The molecule has 1 heterocycles. The van der Waals surface area contributed by atoms with Crippen molar-refractivity contribution < 1.29 is 14.2 Å².